The van der Waals surface area contributed by atoms with Gasteiger partial charge in [-0.3, -0.25) is 4.79 Å². The molecular weight excluding hydrogens is 278 g/mol. The molecule has 3 nitrogen and oxygen atoms in total. The Bertz CT molecular complexity index is 566. The lowest BCUT2D eigenvalue weighted by atomic mass is 9.99. The van der Waals surface area contributed by atoms with Crippen LogP contribution in [0.3, 0.4) is 0 Å². The molecule has 7 heteroatoms. The SMILES string of the molecule is CNC1=C(c2cccc(C(F)(F)F)c2)C(=O)C(CF)O1. The number of ether oxygens (including phenoxy) is 1. The van der Waals surface area contributed by atoms with Crippen molar-refractivity contribution in [3.8, 4) is 0 Å². The molecule has 0 fully saturated rings. The second-order valence-corrected chi connectivity index (χ2v) is 4.16. The molecule has 1 N–H and O–H groups in total. The van der Waals surface area contributed by atoms with Gasteiger partial charge in [-0.2, -0.15) is 13.2 Å². The van der Waals surface area contributed by atoms with Crippen LogP contribution >= 0.6 is 0 Å². The first-order chi connectivity index (χ1) is 9.38. The minimum absolute atomic E-state index is 0.0167. The Labute approximate surface area is 112 Å². The minimum atomic E-state index is -4.52. The zero-order chi connectivity index (χ0) is 14.9. The van der Waals surface area contributed by atoms with Crippen molar-refractivity contribution in [3.63, 3.8) is 0 Å². The fourth-order valence-corrected chi connectivity index (χ4v) is 1.94. The van der Waals surface area contributed by atoms with Gasteiger partial charge in [0.1, 0.15) is 6.67 Å². The van der Waals surface area contributed by atoms with Crippen LogP contribution in [0.1, 0.15) is 11.1 Å². The molecule has 2 rings (SSSR count). The summed E-state index contributed by atoms with van der Waals surface area (Å²) >= 11 is 0. The Morgan fingerprint density at radius 1 is 1.35 bits per heavy atom. The quantitative estimate of drug-likeness (QED) is 0.869. The Morgan fingerprint density at radius 3 is 2.60 bits per heavy atom. The highest BCUT2D eigenvalue weighted by molar-refractivity contribution is 6.25. The second kappa shape index (κ2) is 5.15. The summed E-state index contributed by atoms with van der Waals surface area (Å²) < 4.78 is 55.7. The molecule has 0 bridgehead atoms. The molecule has 1 aromatic rings. The highest BCUT2D eigenvalue weighted by atomic mass is 19.4. The van der Waals surface area contributed by atoms with E-state index in [0.29, 0.717) is 0 Å². The fraction of sp³-hybridized carbons (Fsp3) is 0.308. The number of alkyl halides is 4. The van der Waals surface area contributed by atoms with Crippen molar-refractivity contribution in [1.29, 1.82) is 0 Å². The van der Waals surface area contributed by atoms with Crippen molar-refractivity contribution in [3.05, 3.63) is 41.3 Å². The number of ketones is 1. The van der Waals surface area contributed by atoms with E-state index in [1.54, 1.807) is 0 Å². The number of nitrogens with one attached hydrogen (secondary N) is 1. The van der Waals surface area contributed by atoms with Gasteiger partial charge in [-0.15, -0.1) is 0 Å². The first kappa shape index (κ1) is 14.4. The Morgan fingerprint density at radius 2 is 2.05 bits per heavy atom. The van der Waals surface area contributed by atoms with Crippen LogP contribution in [0.25, 0.3) is 5.57 Å². The molecule has 0 amide bonds. The summed E-state index contributed by atoms with van der Waals surface area (Å²) in [6.45, 7) is -1.04. The molecule has 108 valence electrons. The molecule has 0 aromatic heterocycles. The van der Waals surface area contributed by atoms with Gasteiger partial charge in [0.2, 0.25) is 5.78 Å². The molecule has 0 saturated heterocycles. The third kappa shape index (κ3) is 2.48. The minimum Gasteiger partial charge on any atom is -0.464 e. The van der Waals surface area contributed by atoms with Gasteiger partial charge >= 0.3 is 6.18 Å². The summed E-state index contributed by atoms with van der Waals surface area (Å²) in [6, 6.07) is 4.28. The number of rotatable bonds is 3. The van der Waals surface area contributed by atoms with Gasteiger partial charge in [-0.1, -0.05) is 12.1 Å². The molecular formula is C13H11F4NO2. The molecule has 0 saturated carbocycles. The summed E-state index contributed by atoms with van der Waals surface area (Å²) in [7, 11) is 1.44. The molecule has 1 aliphatic heterocycles. The van der Waals surface area contributed by atoms with Crippen LogP contribution in [0.4, 0.5) is 17.6 Å². The van der Waals surface area contributed by atoms with Crippen LogP contribution in [0.5, 0.6) is 0 Å². The normalized spacial score (nSPS) is 19.2. The number of benzene rings is 1. The molecule has 0 aliphatic carbocycles. The molecule has 1 heterocycles. The first-order valence-corrected chi connectivity index (χ1v) is 5.75. The first-order valence-electron chi connectivity index (χ1n) is 5.75. The molecule has 0 spiro atoms. The fourth-order valence-electron chi connectivity index (χ4n) is 1.94. The molecule has 0 radical (unpaired) electrons. The molecule has 1 unspecified atom stereocenters. The van der Waals surface area contributed by atoms with E-state index in [1.807, 2.05) is 0 Å². The Balaban J connectivity index is 2.47. The predicted octanol–water partition coefficient (Wildman–Crippen LogP) is 2.53. The molecule has 1 atom stereocenters. The number of carbonyl (C=O) groups is 1. The summed E-state index contributed by atoms with van der Waals surface area (Å²) in [5.74, 6) is -0.687. The van der Waals surface area contributed by atoms with Gasteiger partial charge < -0.3 is 10.1 Å². The van der Waals surface area contributed by atoms with Crippen LogP contribution in [0.2, 0.25) is 0 Å². The van der Waals surface area contributed by atoms with Crippen LogP contribution in [0.15, 0.2) is 30.1 Å². The van der Waals surface area contributed by atoms with Gasteiger partial charge in [0.25, 0.3) is 0 Å². The van der Waals surface area contributed by atoms with E-state index < -0.39 is 30.3 Å². The van der Waals surface area contributed by atoms with E-state index >= 15 is 0 Å². The van der Waals surface area contributed by atoms with Crippen molar-refractivity contribution in [1.82, 2.24) is 5.32 Å². The standard InChI is InChI=1S/C13H11F4NO2/c1-18-12-10(11(19)9(6-14)20-12)7-3-2-4-8(5-7)13(15,16)17/h2-5,9,18H,6H2,1H3. The van der Waals surface area contributed by atoms with E-state index in [1.165, 1.54) is 19.2 Å². The average molecular weight is 289 g/mol. The number of hydrogen-bond acceptors (Lipinski definition) is 3. The third-order valence-electron chi connectivity index (χ3n) is 2.87. The Kier molecular flexibility index (Phi) is 3.69. The zero-order valence-electron chi connectivity index (χ0n) is 10.4. The highest BCUT2D eigenvalue weighted by Crippen LogP contribution is 2.34. The lowest BCUT2D eigenvalue weighted by molar-refractivity contribution is -0.137. The summed E-state index contributed by atoms with van der Waals surface area (Å²) in [4.78, 5) is 11.9. The maximum atomic E-state index is 12.7. The van der Waals surface area contributed by atoms with E-state index in [-0.39, 0.29) is 17.0 Å². The number of Topliss-reactive ketones (excluding diaryl/α,β-unsaturated/α-hetero) is 1. The van der Waals surface area contributed by atoms with Gasteiger partial charge in [0, 0.05) is 7.05 Å². The second-order valence-electron chi connectivity index (χ2n) is 4.16. The van der Waals surface area contributed by atoms with Crippen LogP contribution < -0.4 is 5.32 Å². The largest absolute Gasteiger partial charge is 0.464 e. The van der Waals surface area contributed by atoms with Gasteiger partial charge in [-0.05, 0) is 17.7 Å². The highest BCUT2D eigenvalue weighted by Gasteiger charge is 2.37. The number of halogens is 4. The molecule has 20 heavy (non-hydrogen) atoms. The van der Waals surface area contributed by atoms with Crippen molar-refractivity contribution in [2.75, 3.05) is 13.7 Å². The van der Waals surface area contributed by atoms with Crippen LogP contribution in [-0.4, -0.2) is 25.6 Å². The monoisotopic (exact) mass is 289 g/mol. The summed E-state index contributed by atoms with van der Waals surface area (Å²) in [5, 5.41) is 2.55. The molecule has 1 aliphatic rings. The lowest BCUT2D eigenvalue weighted by Crippen LogP contribution is -2.20. The summed E-state index contributed by atoms with van der Waals surface area (Å²) in [5.41, 5.74) is -0.902. The van der Waals surface area contributed by atoms with Crippen LogP contribution in [-0.2, 0) is 15.7 Å². The van der Waals surface area contributed by atoms with E-state index in [4.69, 9.17) is 4.74 Å². The topological polar surface area (TPSA) is 38.3 Å². The van der Waals surface area contributed by atoms with Crippen LogP contribution in [0, 0.1) is 0 Å². The van der Waals surface area contributed by atoms with E-state index in [0.717, 1.165) is 12.1 Å². The maximum absolute atomic E-state index is 12.7. The number of carbonyl (C=O) groups excluding carboxylic acids is 1. The zero-order valence-corrected chi connectivity index (χ0v) is 10.4. The van der Waals surface area contributed by atoms with E-state index in [2.05, 4.69) is 5.32 Å². The van der Waals surface area contributed by atoms with E-state index in [9.17, 15) is 22.4 Å². The van der Waals surface area contributed by atoms with Crippen molar-refractivity contribution < 1.29 is 27.1 Å². The van der Waals surface area contributed by atoms with Crippen molar-refractivity contribution in [2.24, 2.45) is 0 Å². The average Bonchev–Trinajstić information content (AvgIpc) is 2.74. The smallest absolute Gasteiger partial charge is 0.416 e. The van der Waals surface area contributed by atoms with Crippen molar-refractivity contribution in [2.45, 2.75) is 12.3 Å². The van der Waals surface area contributed by atoms with Gasteiger partial charge in [0.05, 0.1) is 11.1 Å². The predicted molar refractivity (Wildman–Crippen MR) is 63.3 cm³/mol. The Hall–Kier alpha value is -2.05. The summed E-state index contributed by atoms with van der Waals surface area (Å²) in [6.07, 6.45) is -5.82. The van der Waals surface area contributed by atoms with Gasteiger partial charge in [0.15, 0.2) is 12.0 Å². The maximum Gasteiger partial charge on any atom is 0.416 e. The number of hydrogen-bond donors (Lipinski definition) is 1. The van der Waals surface area contributed by atoms with Crippen molar-refractivity contribution >= 4 is 11.4 Å². The molecule has 1 aromatic carbocycles. The van der Waals surface area contributed by atoms with Gasteiger partial charge in [-0.25, -0.2) is 4.39 Å². The third-order valence-corrected chi connectivity index (χ3v) is 2.87. The lowest BCUT2D eigenvalue weighted by Gasteiger charge is -2.09.